The largest absolute Gasteiger partial charge is 0.458 e. The highest BCUT2D eigenvalue weighted by atomic mass is 32.2. The summed E-state index contributed by atoms with van der Waals surface area (Å²) >= 11 is 0. The van der Waals surface area contributed by atoms with Gasteiger partial charge in [-0.3, -0.25) is 0 Å². The number of benzene rings is 1. The number of hydrogen-bond acceptors (Lipinski definition) is 6. The Morgan fingerprint density at radius 3 is 1.97 bits per heavy atom. The van der Waals surface area contributed by atoms with E-state index < -0.39 is 44.1 Å². The normalized spacial score (nSPS) is 24.5. The van der Waals surface area contributed by atoms with Crippen LogP contribution >= 0.6 is 0 Å². The average molecular weight is 426 g/mol. The van der Waals surface area contributed by atoms with Crippen LogP contribution in [0.15, 0.2) is 30.3 Å². The van der Waals surface area contributed by atoms with E-state index in [0.29, 0.717) is 5.56 Å². The first-order chi connectivity index (χ1) is 13.0. The number of hydrogen-bond donors (Lipinski definition) is 1. The van der Waals surface area contributed by atoms with Gasteiger partial charge in [0, 0.05) is 11.7 Å². The molecule has 1 aromatic rings. The topological polar surface area (TPSA) is 98.8 Å². The Balaban J connectivity index is 2.54. The quantitative estimate of drug-likeness (QED) is 0.728. The van der Waals surface area contributed by atoms with Crippen LogP contribution in [-0.2, 0) is 29.5 Å². The maximum Gasteiger partial charge on any atom is 0.408 e. The van der Waals surface area contributed by atoms with Gasteiger partial charge in [0.1, 0.15) is 21.0 Å². The number of esters is 1. The molecule has 0 aliphatic heterocycles. The standard InChI is InChI=1S/C21H31NO6S/c1-18(2,3)27-16(23)21(22-17(24)28-19(4,5)6)13-20(21,14-29(7,25)26)15-11-9-8-10-12-15/h8-12H,13-14H2,1-7H3,(H,22,24)/t20-,21-/m1/s1. The monoisotopic (exact) mass is 425 g/mol. The fraction of sp³-hybridized carbons (Fsp3) is 0.619. The van der Waals surface area contributed by atoms with E-state index in [4.69, 9.17) is 9.47 Å². The van der Waals surface area contributed by atoms with Gasteiger partial charge in [0.25, 0.3) is 0 Å². The molecule has 1 amide bonds. The number of nitrogens with one attached hydrogen (secondary N) is 1. The maximum atomic E-state index is 13.2. The smallest absolute Gasteiger partial charge is 0.408 e. The first-order valence-electron chi connectivity index (χ1n) is 9.48. The van der Waals surface area contributed by atoms with Crippen molar-refractivity contribution in [2.24, 2.45) is 0 Å². The second kappa shape index (κ2) is 7.31. The molecule has 1 fully saturated rings. The third-order valence-electron chi connectivity index (χ3n) is 4.56. The van der Waals surface area contributed by atoms with E-state index in [-0.39, 0.29) is 12.2 Å². The third kappa shape index (κ3) is 5.50. The van der Waals surface area contributed by atoms with Crippen LogP contribution in [-0.4, -0.2) is 49.2 Å². The molecule has 1 aliphatic carbocycles. The van der Waals surface area contributed by atoms with Crippen molar-refractivity contribution in [3.8, 4) is 0 Å². The Kier molecular flexibility index (Phi) is 5.84. The molecular formula is C21H31NO6S. The predicted octanol–water partition coefficient (Wildman–Crippen LogP) is 2.98. The Morgan fingerprint density at radius 1 is 1.00 bits per heavy atom. The fourth-order valence-corrected chi connectivity index (χ4v) is 4.96. The highest BCUT2D eigenvalue weighted by Gasteiger charge is 2.76. The minimum absolute atomic E-state index is 0.102. The van der Waals surface area contributed by atoms with Crippen LogP contribution in [0.4, 0.5) is 4.79 Å². The molecule has 0 aromatic heterocycles. The van der Waals surface area contributed by atoms with E-state index in [2.05, 4.69) is 5.32 Å². The fourth-order valence-electron chi connectivity index (χ4n) is 3.54. The molecule has 1 saturated carbocycles. The molecule has 1 aromatic carbocycles. The molecule has 2 atom stereocenters. The molecule has 0 bridgehead atoms. The summed E-state index contributed by atoms with van der Waals surface area (Å²) in [7, 11) is -3.49. The van der Waals surface area contributed by atoms with Gasteiger partial charge in [0.05, 0.1) is 5.75 Å². The Hall–Kier alpha value is -2.09. The van der Waals surface area contributed by atoms with Gasteiger partial charge in [-0.25, -0.2) is 18.0 Å². The van der Waals surface area contributed by atoms with Gasteiger partial charge in [-0.05, 0) is 53.5 Å². The van der Waals surface area contributed by atoms with Crippen LogP contribution in [0.25, 0.3) is 0 Å². The first-order valence-corrected chi connectivity index (χ1v) is 11.5. The van der Waals surface area contributed by atoms with Crippen molar-refractivity contribution in [1.29, 1.82) is 0 Å². The minimum Gasteiger partial charge on any atom is -0.458 e. The number of ether oxygens (including phenoxy) is 2. The van der Waals surface area contributed by atoms with Gasteiger partial charge < -0.3 is 14.8 Å². The number of carbonyl (C=O) groups is 2. The van der Waals surface area contributed by atoms with Crippen LogP contribution in [0.2, 0.25) is 0 Å². The second-order valence-electron chi connectivity index (χ2n) is 9.73. The average Bonchev–Trinajstić information content (AvgIpc) is 3.11. The van der Waals surface area contributed by atoms with Crippen LogP contribution in [0.3, 0.4) is 0 Å². The van der Waals surface area contributed by atoms with E-state index in [0.717, 1.165) is 6.26 Å². The molecule has 162 valence electrons. The summed E-state index contributed by atoms with van der Waals surface area (Å²) in [4.78, 5) is 25.8. The van der Waals surface area contributed by atoms with Crippen molar-refractivity contribution >= 4 is 21.9 Å². The van der Waals surface area contributed by atoms with Crippen LogP contribution in [0, 0.1) is 0 Å². The molecule has 7 nitrogen and oxygen atoms in total. The van der Waals surface area contributed by atoms with Crippen molar-refractivity contribution in [3.05, 3.63) is 35.9 Å². The lowest BCUT2D eigenvalue weighted by Crippen LogP contribution is -2.53. The Labute approximate surface area is 173 Å². The zero-order chi connectivity index (χ0) is 22.3. The molecule has 0 unspecified atom stereocenters. The number of alkyl carbamates (subject to hydrolysis) is 1. The number of carbonyl (C=O) groups excluding carboxylic acids is 2. The summed E-state index contributed by atoms with van der Waals surface area (Å²) in [6.45, 7) is 10.3. The van der Waals surface area contributed by atoms with E-state index >= 15 is 0 Å². The lowest BCUT2D eigenvalue weighted by atomic mass is 9.92. The maximum absolute atomic E-state index is 13.2. The minimum atomic E-state index is -3.49. The number of sulfone groups is 1. The SMILES string of the molecule is CC(C)(C)OC(=O)N[C@@]1(C(=O)OC(C)(C)C)C[C@@]1(CS(C)(=O)=O)c1ccccc1. The van der Waals surface area contributed by atoms with Crippen molar-refractivity contribution in [3.63, 3.8) is 0 Å². The summed E-state index contributed by atoms with van der Waals surface area (Å²) in [5.41, 5.74) is -3.61. The summed E-state index contributed by atoms with van der Waals surface area (Å²) in [6, 6.07) is 8.86. The summed E-state index contributed by atoms with van der Waals surface area (Å²) in [6.07, 6.45) is 0.420. The van der Waals surface area contributed by atoms with Crippen LogP contribution < -0.4 is 5.32 Å². The van der Waals surface area contributed by atoms with E-state index in [1.807, 2.05) is 0 Å². The van der Waals surface area contributed by atoms with Gasteiger partial charge in [-0.1, -0.05) is 30.3 Å². The molecule has 0 saturated heterocycles. The van der Waals surface area contributed by atoms with E-state index in [1.54, 1.807) is 71.9 Å². The van der Waals surface area contributed by atoms with E-state index in [1.165, 1.54) is 0 Å². The lowest BCUT2D eigenvalue weighted by Gasteiger charge is -2.30. The van der Waals surface area contributed by atoms with Gasteiger partial charge in [0.15, 0.2) is 5.54 Å². The molecular weight excluding hydrogens is 394 g/mol. The summed E-state index contributed by atoms with van der Waals surface area (Å²) < 4.78 is 35.5. The first kappa shape index (κ1) is 23.2. The molecule has 0 spiro atoms. The van der Waals surface area contributed by atoms with Crippen LogP contribution in [0.1, 0.15) is 53.5 Å². The van der Waals surface area contributed by atoms with Gasteiger partial charge in [0.2, 0.25) is 0 Å². The van der Waals surface area contributed by atoms with Gasteiger partial charge in [-0.2, -0.15) is 0 Å². The lowest BCUT2D eigenvalue weighted by molar-refractivity contribution is -0.159. The molecule has 1 aliphatic rings. The highest BCUT2D eigenvalue weighted by Crippen LogP contribution is 2.59. The number of rotatable bonds is 5. The van der Waals surface area contributed by atoms with Crippen molar-refractivity contribution in [2.75, 3.05) is 12.0 Å². The van der Waals surface area contributed by atoms with Gasteiger partial charge in [-0.15, -0.1) is 0 Å². The van der Waals surface area contributed by atoms with E-state index in [9.17, 15) is 18.0 Å². The zero-order valence-electron chi connectivity index (χ0n) is 18.2. The third-order valence-corrected chi connectivity index (χ3v) is 5.57. The van der Waals surface area contributed by atoms with Crippen molar-refractivity contribution in [2.45, 2.75) is 70.1 Å². The zero-order valence-corrected chi connectivity index (χ0v) is 19.0. The second-order valence-corrected chi connectivity index (χ2v) is 11.9. The molecule has 8 heteroatoms. The van der Waals surface area contributed by atoms with Crippen LogP contribution in [0.5, 0.6) is 0 Å². The van der Waals surface area contributed by atoms with Crippen molar-refractivity contribution in [1.82, 2.24) is 5.32 Å². The summed E-state index contributed by atoms with van der Waals surface area (Å²) in [5.74, 6) is -0.984. The predicted molar refractivity (Wildman–Crippen MR) is 110 cm³/mol. The molecule has 0 heterocycles. The molecule has 29 heavy (non-hydrogen) atoms. The van der Waals surface area contributed by atoms with Gasteiger partial charge >= 0.3 is 12.1 Å². The summed E-state index contributed by atoms with van der Waals surface area (Å²) in [5, 5.41) is 2.66. The Morgan fingerprint density at radius 2 is 1.52 bits per heavy atom. The molecule has 0 radical (unpaired) electrons. The highest BCUT2D eigenvalue weighted by molar-refractivity contribution is 7.90. The number of amides is 1. The Bertz CT molecular complexity index is 882. The molecule has 2 rings (SSSR count). The van der Waals surface area contributed by atoms with Crippen molar-refractivity contribution < 1.29 is 27.5 Å². The molecule has 1 N–H and O–H groups in total.